The summed E-state index contributed by atoms with van der Waals surface area (Å²) < 4.78 is 5.57. The third-order valence-corrected chi connectivity index (χ3v) is 5.12. The van der Waals surface area contributed by atoms with Crippen LogP contribution in [-0.4, -0.2) is 53.9 Å². The van der Waals surface area contributed by atoms with Crippen LogP contribution in [0.15, 0.2) is 36.4 Å². The highest BCUT2D eigenvalue weighted by atomic mass is 16.6. The second-order valence-corrected chi connectivity index (χ2v) is 8.85. The summed E-state index contributed by atoms with van der Waals surface area (Å²) in [6, 6.07) is 10.7. The van der Waals surface area contributed by atoms with E-state index in [1.165, 1.54) is 0 Å². The molecular formula is C23H29N3O4. The monoisotopic (exact) mass is 411 g/mol. The molecule has 0 aliphatic carbocycles. The zero-order valence-electron chi connectivity index (χ0n) is 17.8. The fourth-order valence-corrected chi connectivity index (χ4v) is 3.66. The van der Waals surface area contributed by atoms with Crippen molar-refractivity contribution in [1.29, 1.82) is 0 Å². The zero-order valence-corrected chi connectivity index (χ0v) is 17.8. The van der Waals surface area contributed by atoms with Crippen molar-refractivity contribution in [2.24, 2.45) is 11.1 Å². The summed E-state index contributed by atoms with van der Waals surface area (Å²) in [6.07, 6.45) is 0.597. The fraction of sp³-hybridized carbons (Fsp3) is 0.435. The van der Waals surface area contributed by atoms with E-state index in [4.69, 9.17) is 10.5 Å². The maximum atomic E-state index is 12.8. The van der Waals surface area contributed by atoms with Gasteiger partial charge in [-0.05, 0) is 28.7 Å². The number of hydrogen-bond donors (Lipinski definition) is 1. The first-order chi connectivity index (χ1) is 14.2. The summed E-state index contributed by atoms with van der Waals surface area (Å²) in [5.41, 5.74) is 5.69. The first-order valence-electron chi connectivity index (χ1n) is 10.2. The van der Waals surface area contributed by atoms with Gasteiger partial charge in [-0.25, -0.2) is 4.79 Å². The SMILES string of the molecule is CC(C)(C)CC(=O)N1CCCN(C(=O)Oc2ccc3ccccc3c2C(N)=O)CC1. The van der Waals surface area contributed by atoms with E-state index >= 15 is 0 Å². The maximum absolute atomic E-state index is 12.8. The third-order valence-electron chi connectivity index (χ3n) is 5.12. The lowest BCUT2D eigenvalue weighted by atomic mass is 9.91. The number of ether oxygens (including phenoxy) is 1. The van der Waals surface area contributed by atoms with Crippen molar-refractivity contribution in [2.75, 3.05) is 26.2 Å². The van der Waals surface area contributed by atoms with Gasteiger partial charge < -0.3 is 20.3 Å². The number of carbonyl (C=O) groups is 3. The molecule has 0 unspecified atom stereocenters. The minimum Gasteiger partial charge on any atom is -0.409 e. The highest BCUT2D eigenvalue weighted by Gasteiger charge is 2.26. The predicted molar refractivity (Wildman–Crippen MR) is 115 cm³/mol. The molecule has 3 amide bonds. The molecule has 0 spiro atoms. The molecule has 7 nitrogen and oxygen atoms in total. The van der Waals surface area contributed by atoms with Crippen molar-refractivity contribution >= 4 is 28.7 Å². The van der Waals surface area contributed by atoms with Crippen LogP contribution < -0.4 is 10.5 Å². The molecule has 7 heteroatoms. The van der Waals surface area contributed by atoms with Crippen LogP contribution in [0.1, 0.15) is 44.0 Å². The van der Waals surface area contributed by atoms with E-state index in [0.717, 1.165) is 5.39 Å². The number of fused-ring (bicyclic) bond motifs is 1. The van der Waals surface area contributed by atoms with Crippen LogP contribution in [0.25, 0.3) is 10.8 Å². The zero-order chi connectivity index (χ0) is 21.9. The number of hydrogen-bond acceptors (Lipinski definition) is 4. The van der Waals surface area contributed by atoms with Gasteiger partial charge in [0.05, 0.1) is 5.56 Å². The number of amides is 3. The Morgan fingerprint density at radius 3 is 2.33 bits per heavy atom. The number of rotatable bonds is 3. The van der Waals surface area contributed by atoms with Crippen LogP contribution >= 0.6 is 0 Å². The van der Waals surface area contributed by atoms with Crippen LogP contribution in [0.3, 0.4) is 0 Å². The summed E-state index contributed by atoms with van der Waals surface area (Å²) >= 11 is 0. The smallest absolute Gasteiger partial charge is 0.409 e. The molecule has 1 heterocycles. The summed E-state index contributed by atoms with van der Waals surface area (Å²) in [5.74, 6) is -0.399. The van der Waals surface area contributed by atoms with Crippen molar-refractivity contribution < 1.29 is 19.1 Å². The molecular weight excluding hydrogens is 382 g/mol. The van der Waals surface area contributed by atoms with Crippen molar-refractivity contribution in [3.63, 3.8) is 0 Å². The van der Waals surface area contributed by atoms with Crippen molar-refractivity contribution in [2.45, 2.75) is 33.6 Å². The van der Waals surface area contributed by atoms with E-state index in [2.05, 4.69) is 0 Å². The maximum Gasteiger partial charge on any atom is 0.415 e. The molecule has 0 radical (unpaired) electrons. The van der Waals surface area contributed by atoms with Gasteiger partial charge in [-0.15, -0.1) is 0 Å². The van der Waals surface area contributed by atoms with Crippen LogP contribution in [0.2, 0.25) is 0 Å². The number of primary amides is 1. The number of nitrogens with zero attached hydrogens (tertiary/aromatic N) is 2. The Morgan fingerprint density at radius 2 is 1.63 bits per heavy atom. The van der Waals surface area contributed by atoms with E-state index in [1.54, 1.807) is 29.2 Å². The van der Waals surface area contributed by atoms with Gasteiger partial charge in [0, 0.05) is 32.6 Å². The van der Waals surface area contributed by atoms with E-state index in [9.17, 15) is 14.4 Å². The Labute approximate surface area is 176 Å². The van der Waals surface area contributed by atoms with Gasteiger partial charge in [0.15, 0.2) is 0 Å². The average Bonchev–Trinajstić information content (AvgIpc) is 2.92. The van der Waals surface area contributed by atoms with Gasteiger partial charge >= 0.3 is 6.09 Å². The standard InChI is InChI=1S/C23H29N3O4/c1-23(2,3)15-19(27)25-11-6-12-26(14-13-25)22(29)30-18-10-9-16-7-4-5-8-17(16)20(18)21(24)28/h4-5,7-10H,6,11-15H2,1-3H3,(H2,24,28). The lowest BCUT2D eigenvalue weighted by Crippen LogP contribution is -2.39. The highest BCUT2D eigenvalue weighted by molar-refractivity contribution is 6.09. The second-order valence-electron chi connectivity index (χ2n) is 8.85. The molecule has 3 rings (SSSR count). The minimum atomic E-state index is -0.649. The van der Waals surface area contributed by atoms with Crippen LogP contribution in [0.5, 0.6) is 5.75 Å². The van der Waals surface area contributed by atoms with E-state index in [0.29, 0.717) is 44.4 Å². The van der Waals surface area contributed by atoms with Gasteiger partial charge in [0.25, 0.3) is 5.91 Å². The lowest BCUT2D eigenvalue weighted by molar-refractivity contribution is -0.132. The first kappa shape index (κ1) is 21.6. The highest BCUT2D eigenvalue weighted by Crippen LogP contribution is 2.28. The van der Waals surface area contributed by atoms with Crippen LogP contribution in [0, 0.1) is 5.41 Å². The average molecular weight is 412 g/mol. The minimum absolute atomic E-state index is 0.0801. The van der Waals surface area contributed by atoms with Gasteiger partial charge in [-0.2, -0.15) is 0 Å². The topological polar surface area (TPSA) is 92.9 Å². The molecule has 1 aliphatic rings. The number of carbonyl (C=O) groups excluding carboxylic acids is 3. The molecule has 0 atom stereocenters. The lowest BCUT2D eigenvalue weighted by Gasteiger charge is -2.25. The first-order valence-corrected chi connectivity index (χ1v) is 10.2. The van der Waals surface area contributed by atoms with Gasteiger partial charge in [-0.3, -0.25) is 9.59 Å². The molecule has 0 saturated carbocycles. The molecule has 1 saturated heterocycles. The summed E-state index contributed by atoms with van der Waals surface area (Å²) in [4.78, 5) is 40.7. The fourth-order valence-electron chi connectivity index (χ4n) is 3.66. The molecule has 2 N–H and O–H groups in total. The number of nitrogens with two attached hydrogens (primary N) is 1. The largest absolute Gasteiger partial charge is 0.415 e. The number of benzene rings is 2. The molecule has 1 fully saturated rings. The van der Waals surface area contributed by atoms with E-state index in [-0.39, 0.29) is 22.6 Å². The second kappa shape index (κ2) is 8.73. The summed E-state index contributed by atoms with van der Waals surface area (Å²) in [6.45, 7) is 8.04. The molecule has 30 heavy (non-hydrogen) atoms. The normalized spacial score (nSPS) is 15.0. The summed E-state index contributed by atoms with van der Waals surface area (Å²) in [7, 11) is 0. The van der Waals surface area contributed by atoms with Crippen molar-refractivity contribution in [3.05, 3.63) is 42.0 Å². The van der Waals surface area contributed by atoms with Crippen LogP contribution in [0.4, 0.5) is 4.79 Å². The molecule has 1 aliphatic heterocycles. The molecule has 2 aromatic rings. The Morgan fingerprint density at radius 1 is 0.967 bits per heavy atom. The Kier molecular flexibility index (Phi) is 6.29. The van der Waals surface area contributed by atoms with Crippen LogP contribution in [-0.2, 0) is 4.79 Å². The predicted octanol–water partition coefficient (Wildman–Crippen LogP) is 3.41. The molecule has 2 aromatic carbocycles. The Bertz CT molecular complexity index is 965. The molecule has 0 bridgehead atoms. The van der Waals surface area contributed by atoms with Gasteiger partial charge in [0.2, 0.25) is 5.91 Å². The summed E-state index contributed by atoms with van der Waals surface area (Å²) in [5, 5.41) is 1.49. The van der Waals surface area contributed by atoms with E-state index in [1.807, 2.05) is 37.8 Å². The van der Waals surface area contributed by atoms with Crippen molar-refractivity contribution in [1.82, 2.24) is 9.80 Å². The Balaban J connectivity index is 1.72. The quantitative estimate of drug-likeness (QED) is 0.838. The third kappa shape index (κ3) is 5.09. The van der Waals surface area contributed by atoms with Crippen molar-refractivity contribution in [3.8, 4) is 5.75 Å². The van der Waals surface area contributed by atoms with Gasteiger partial charge in [0.1, 0.15) is 5.75 Å². The molecule has 160 valence electrons. The molecule has 0 aromatic heterocycles. The van der Waals surface area contributed by atoms with E-state index < -0.39 is 12.0 Å². The Hall–Kier alpha value is -3.09. The van der Waals surface area contributed by atoms with Gasteiger partial charge in [-0.1, -0.05) is 51.1 Å².